The number of hydrogen-bond acceptors (Lipinski definition) is 3. The number of benzene rings is 1. The van der Waals surface area contributed by atoms with E-state index in [1.807, 2.05) is 42.7 Å². The molecule has 0 atom stereocenters. The van der Waals surface area contributed by atoms with Gasteiger partial charge in [-0.1, -0.05) is 6.07 Å². The average molecular weight is 321 g/mol. The van der Waals surface area contributed by atoms with Crippen LogP contribution in [0.5, 0.6) is 0 Å². The van der Waals surface area contributed by atoms with Gasteiger partial charge in [0.15, 0.2) is 5.43 Å². The number of hydrogen-bond donors (Lipinski definition) is 1. The highest BCUT2D eigenvalue weighted by Crippen LogP contribution is 2.17. The molecule has 0 unspecified atom stereocenters. The number of carbonyl (C=O) groups excluding carboxylic acids is 1. The van der Waals surface area contributed by atoms with Crippen molar-refractivity contribution >= 4 is 16.8 Å². The molecular weight excluding hydrogens is 302 g/mol. The first-order chi connectivity index (χ1) is 11.5. The molecule has 5 nitrogen and oxygen atoms in total. The van der Waals surface area contributed by atoms with E-state index in [4.69, 9.17) is 0 Å². The van der Waals surface area contributed by atoms with Gasteiger partial charge >= 0.3 is 0 Å². The van der Waals surface area contributed by atoms with Crippen LogP contribution in [0.2, 0.25) is 0 Å². The lowest BCUT2D eigenvalue weighted by Gasteiger charge is -2.13. The Bertz CT molecular complexity index is 946. The van der Waals surface area contributed by atoms with Crippen LogP contribution in [0, 0.1) is 13.8 Å². The number of aryl methyl sites for hydroxylation is 2. The van der Waals surface area contributed by atoms with Gasteiger partial charge < -0.3 is 9.88 Å². The Kier molecular flexibility index (Phi) is 4.42. The maximum atomic E-state index is 12.3. The Labute approximate surface area is 140 Å². The van der Waals surface area contributed by atoms with E-state index in [2.05, 4.69) is 10.3 Å². The normalized spacial score (nSPS) is 10.8. The van der Waals surface area contributed by atoms with E-state index in [9.17, 15) is 9.59 Å². The zero-order valence-corrected chi connectivity index (χ0v) is 13.7. The maximum Gasteiger partial charge on any atom is 0.240 e. The Morgan fingerprint density at radius 2 is 1.92 bits per heavy atom. The molecule has 1 amide bonds. The number of amides is 1. The second kappa shape index (κ2) is 6.66. The van der Waals surface area contributed by atoms with Crippen LogP contribution in [0.1, 0.15) is 16.7 Å². The van der Waals surface area contributed by atoms with Crippen LogP contribution in [0.15, 0.2) is 53.7 Å². The van der Waals surface area contributed by atoms with Crippen LogP contribution < -0.4 is 10.7 Å². The molecule has 1 aromatic carbocycles. The van der Waals surface area contributed by atoms with E-state index in [-0.39, 0.29) is 17.9 Å². The minimum atomic E-state index is -0.101. The van der Waals surface area contributed by atoms with Gasteiger partial charge in [0.2, 0.25) is 5.91 Å². The van der Waals surface area contributed by atoms with Crippen LogP contribution in [0.4, 0.5) is 0 Å². The minimum Gasteiger partial charge on any atom is -0.350 e. The van der Waals surface area contributed by atoms with Crippen molar-refractivity contribution in [3.8, 4) is 0 Å². The summed E-state index contributed by atoms with van der Waals surface area (Å²) in [5, 5.41) is 3.56. The fraction of sp³-hybridized carbons (Fsp3) is 0.211. The third-order valence-corrected chi connectivity index (χ3v) is 3.97. The lowest BCUT2D eigenvalue weighted by atomic mass is 10.1. The van der Waals surface area contributed by atoms with E-state index in [0.29, 0.717) is 11.9 Å². The largest absolute Gasteiger partial charge is 0.350 e. The zero-order chi connectivity index (χ0) is 17.1. The Balaban J connectivity index is 1.83. The van der Waals surface area contributed by atoms with Crippen molar-refractivity contribution in [1.29, 1.82) is 0 Å². The van der Waals surface area contributed by atoms with Crippen molar-refractivity contribution in [3.05, 3.63) is 75.8 Å². The molecule has 0 aliphatic carbocycles. The summed E-state index contributed by atoms with van der Waals surface area (Å²) in [7, 11) is 0. The highest BCUT2D eigenvalue weighted by atomic mass is 16.2. The van der Waals surface area contributed by atoms with Crippen molar-refractivity contribution < 1.29 is 4.79 Å². The summed E-state index contributed by atoms with van der Waals surface area (Å²) in [6.07, 6.45) is 5.07. The molecule has 0 aliphatic rings. The van der Waals surface area contributed by atoms with Gasteiger partial charge in [0, 0.05) is 36.6 Å². The second-order valence-corrected chi connectivity index (χ2v) is 5.92. The Morgan fingerprint density at radius 3 is 2.67 bits per heavy atom. The van der Waals surface area contributed by atoms with Gasteiger partial charge in [-0.3, -0.25) is 14.6 Å². The number of nitrogens with one attached hydrogen (secondary N) is 1. The van der Waals surface area contributed by atoms with Gasteiger partial charge in [0.1, 0.15) is 6.54 Å². The number of nitrogens with zero attached hydrogens (tertiary/aromatic N) is 2. The van der Waals surface area contributed by atoms with Crippen LogP contribution in [0.3, 0.4) is 0 Å². The summed E-state index contributed by atoms with van der Waals surface area (Å²) < 4.78 is 1.82. The molecule has 24 heavy (non-hydrogen) atoms. The molecule has 2 heterocycles. The molecule has 122 valence electrons. The van der Waals surface area contributed by atoms with Gasteiger partial charge in [-0.2, -0.15) is 0 Å². The first kappa shape index (κ1) is 15.9. The molecule has 0 saturated heterocycles. The quantitative estimate of drug-likeness (QED) is 0.802. The average Bonchev–Trinajstić information content (AvgIpc) is 2.56. The fourth-order valence-electron chi connectivity index (χ4n) is 2.86. The zero-order valence-electron chi connectivity index (χ0n) is 13.7. The smallest absolute Gasteiger partial charge is 0.240 e. The summed E-state index contributed by atoms with van der Waals surface area (Å²) in [4.78, 5) is 28.4. The van der Waals surface area contributed by atoms with Crippen molar-refractivity contribution in [3.63, 3.8) is 0 Å². The summed E-state index contributed by atoms with van der Waals surface area (Å²) in [6.45, 7) is 4.53. The van der Waals surface area contributed by atoms with Crippen molar-refractivity contribution in [2.24, 2.45) is 0 Å². The van der Waals surface area contributed by atoms with Gasteiger partial charge in [0.05, 0.1) is 5.52 Å². The molecule has 0 saturated carbocycles. The van der Waals surface area contributed by atoms with Gasteiger partial charge in [0.25, 0.3) is 0 Å². The summed E-state index contributed by atoms with van der Waals surface area (Å²) in [6, 6.07) is 9.17. The highest BCUT2D eigenvalue weighted by Gasteiger charge is 2.09. The fourth-order valence-corrected chi connectivity index (χ4v) is 2.86. The molecule has 1 N–H and O–H groups in total. The SMILES string of the molecule is Cc1cc(C)c2c(=O)ccn(CC(=O)NCc3ccncc3)c2c1. The van der Waals surface area contributed by atoms with Crippen molar-refractivity contribution in [1.82, 2.24) is 14.9 Å². The number of pyridine rings is 2. The molecule has 0 fully saturated rings. The number of fused-ring (bicyclic) bond motifs is 1. The molecular formula is C19H19N3O2. The predicted molar refractivity (Wildman–Crippen MR) is 93.8 cm³/mol. The third-order valence-electron chi connectivity index (χ3n) is 3.97. The lowest BCUT2D eigenvalue weighted by molar-refractivity contribution is -0.121. The highest BCUT2D eigenvalue weighted by molar-refractivity contribution is 5.85. The first-order valence-corrected chi connectivity index (χ1v) is 7.80. The molecule has 5 heteroatoms. The third kappa shape index (κ3) is 3.35. The predicted octanol–water partition coefficient (Wildman–Crippen LogP) is 2.33. The van der Waals surface area contributed by atoms with Crippen molar-refractivity contribution in [2.45, 2.75) is 26.9 Å². The molecule has 3 rings (SSSR count). The minimum absolute atomic E-state index is 0.0176. The van der Waals surface area contributed by atoms with Crippen LogP contribution in [-0.2, 0) is 17.9 Å². The molecule has 0 radical (unpaired) electrons. The summed E-state index contributed by atoms with van der Waals surface area (Å²) >= 11 is 0. The number of rotatable bonds is 4. The van der Waals surface area contributed by atoms with Crippen LogP contribution >= 0.6 is 0 Å². The standard InChI is InChI=1S/C19H19N3O2/c1-13-9-14(2)19-16(10-13)22(8-5-17(19)23)12-18(24)21-11-15-3-6-20-7-4-15/h3-10H,11-12H2,1-2H3,(H,21,24). The van der Waals surface area contributed by atoms with E-state index in [1.54, 1.807) is 18.6 Å². The molecule has 0 spiro atoms. The maximum absolute atomic E-state index is 12.3. The van der Waals surface area contributed by atoms with Crippen LogP contribution in [0.25, 0.3) is 10.9 Å². The van der Waals surface area contributed by atoms with Crippen LogP contribution in [-0.4, -0.2) is 15.5 Å². The topological polar surface area (TPSA) is 64.0 Å². The Morgan fingerprint density at radius 1 is 1.17 bits per heavy atom. The van der Waals surface area contributed by atoms with Crippen molar-refractivity contribution in [2.75, 3.05) is 0 Å². The van der Waals surface area contributed by atoms with Gasteiger partial charge in [-0.25, -0.2) is 0 Å². The number of carbonyl (C=O) groups is 1. The second-order valence-electron chi connectivity index (χ2n) is 5.92. The van der Waals surface area contributed by atoms with Gasteiger partial charge in [-0.05, 0) is 48.7 Å². The van der Waals surface area contributed by atoms with E-state index >= 15 is 0 Å². The summed E-state index contributed by atoms with van der Waals surface area (Å²) in [5.74, 6) is -0.101. The summed E-state index contributed by atoms with van der Waals surface area (Å²) in [5.41, 5.74) is 3.77. The lowest BCUT2D eigenvalue weighted by Crippen LogP contribution is -2.27. The molecule has 0 bridgehead atoms. The number of aromatic nitrogens is 2. The molecule has 3 aromatic rings. The van der Waals surface area contributed by atoms with E-state index < -0.39 is 0 Å². The van der Waals surface area contributed by atoms with E-state index in [1.165, 1.54) is 6.07 Å². The first-order valence-electron chi connectivity index (χ1n) is 7.80. The van der Waals surface area contributed by atoms with Gasteiger partial charge in [-0.15, -0.1) is 0 Å². The molecule has 0 aliphatic heterocycles. The molecule has 2 aromatic heterocycles. The van der Waals surface area contributed by atoms with E-state index in [0.717, 1.165) is 22.2 Å². The Hall–Kier alpha value is -2.95. The monoisotopic (exact) mass is 321 g/mol.